The highest BCUT2D eigenvalue weighted by atomic mass is 79.9. The van der Waals surface area contributed by atoms with E-state index in [9.17, 15) is 0 Å². The van der Waals surface area contributed by atoms with Crippen molar-refractivity contribution in [3.05, 3.63) is 0 Å². The topological polar surface area (TPSA) is 9.23 Å². The Morgan fingerprint density at radius 2 is 1.67 bits per heavy atom. The zero-order valence-corrected chi connectivity index (χ0v) is 11.3. The molecule has 0 rings (SSSR count). The summed E-state index contributed by atoms with van der Waals surface area (Å²) in [6.07, 6.45) is 2.49. The molecule has 1 atom stereocenters. The summed E-state index contributed by atoms with van der Waals surface area (Å²) in [7, 11) is 0.454. The van der Waals surface area contributed by atoms with Crippen molar-refractivity contribution in [1.29, 1.82) is 0 Å². The maximum Gasteiger partial charge on any atom is 0.205 e. The van der Waals surface area contributed by atoms with Crippen LogP contribution in [0.15, 0.2) is 0 Å². The van der Waals surface area contributed by atoms with Crippen molar-refractivity contribution in [3.63, 3.8) is 0 Å². The zero-order valence-electron chi connectivity index (χ0n) is 8.69. The van der Waals surface area contributed by atoms with Gasteiger partial charge in [0.1, 0.15) is 0 Å². The highest BCUT2D eigenvalue weighted by molar-refractivity contribution is 9.10. The minimum absolute atomic E-state index is 0.579. The van der Waals surface area contributed by atoms with E-state index in [1.54, 1.807) is 0 Å². The quantitative estimate of drug-likeness (QED) is 0.518. The van der Waals surface area contributed by atoms with Gasteiger partial charge in [-0.25, -0.2) is 0 Å². The van der Waals surface area contributed by atoms with E-state index in [0.717, 1.165) is 0 Å². The van der Waals surface area contributed by atoms with Crippen LogP contribution in [0.2, 0.25) is 12.1 Å². The molecule has 0 bridgehead atoms. The number of hydrogen-bond acceptors (Lipinski definition) is 1. The van der Waals surface area contributed by atoms with E-state index in [1.165, 1.54) is 24.9 Å². The van der Waals surface area contributed by atoms with E-state index in [1.807, 2.05) is 7.11 Å². The Balaban J connectivity index is 4.28. The van der Waals surface area contributed by atoms with Crippen LogP contribution in [0.25, 0.3) is 0 Å². The summed E-state index contributed by atoms with van der Waals surface area (Å²) >= 11 is 3.70. The third-order valence-electron chi connectivity index (χ3n) is 2.48. The van der Waals surface area contributed by atoms with Crippen LogP contribution in [0.5, 0.6) is 0 Å². The van der Waals surface area contributed by atoms with Crippen LogP contribution in [0, 0.1) is 0 Å². The van der Waals surface area contributed by atoms with Crippen LogP contribution in [0.4, 0.5) is 0 Å². The first kappa shape index (κ1) is 12.7. The molecule has 1 unspecified atom stereocenters. The van der Waals surface area contributed by atoms with Gasteiger partial charge in [0.25, 0.3) is 0 Å². The van der Waals surface area contributed by atoms with Crippen molar-refractivity contribution in [2.24, 2.45) is 0 Å². The van der Waals surface area contributed by atoms with Crippen molar-refractivity contribution >= 4 is 24.2 Å². The zero-order chi connectivity index (χ0) is 9.61. The predicted molar refractivity (Wildman–Crippen MR) is 61.3 cm³/mol. The molecule has 0 aliphatic rings. The molecule has 0 aliphatic heterocycles. The van der Waals surface area contributed by atoms with E-state index in [2.05, 4.69) is 36.7 Å². The first-order valence-electron chi connectivity index (χ1n) is 4.82. The Morgan fingerprint density at radius 1 is 1.25 bits per heavy atom. The molecule has 1 nitrogen and oxygen atoms in total. The fourth-order valence-electron chi connectivity index (χ4n) is 1.74. The van der Waals surface area contributed by atoms with Crippen LogP contribution in [-0.4, -0.2) is 19.9 Å². The maximum atomic E-state index is 5.77. The number of halogens is 1. The first-order valence-corrected chi connectivity index (χ1v) is 8.13. The SMILES string of the molecule is CCC[Si](CCC)(OC)C(C)Br. The van der Waals surface area contributed by atoms with Crippen molar-refractivity contribution in [2.75, 3.05) is 7.11 Å². The molecule has 0 N–H and O–H groups in total. The van der Waals surface area contributed by atoms with Gasteiger partial charge in [0.05, 0.1) is 0 Å². The summed E-state index contributed by atoms with van der Waals surface area (Å²) in [6.45, 7) is 6.72. The molecule has 74 valence electrons. The van der Waals surface area contributed by atoms with Crippen LogP contribution in [0.3, 0.4) is 0 Å². The van der Waals surface area contributed by atoms with E-state index in [-0.39, 0.29) is 0 Å². The maximum absolute atomic E-state index is 5.77. The molecule has 0 saturated heterocycles. The number of hydrogen-bond donors (Lipinski definition) is 0. The summed E-state index contributed by atoms with van der Waals surface area (Å²) in [5.41, 5.74) is 0. The molecule has 0 aromatic rings. The van der Waals surface area contributed by atoms with Crippen molar-refractivity contribution in [3.8, 4) is 0 Å². The van der Waals surface area contributed by atoms with Crippen LogP contribution >= 0.6 is 15.9 Å². The van der Waals surface area contributed by atoms with Crippen molar-refractivity contribution in [2.45, 2.75) is 50.2 Å². The third kappa shape index (κ3) is 3.19. The van der Waals surface area contributed by atoms with Gasteiger partial charge in [-0.1, -0.05) is 49.5 Å². The highest BCUT2D eigenvalue weighted by Gasteiger charge is 2.36. The Bertz CT molecular complexity index is 111. The second kappa shape index (κ2) is 6.16. The van der Waals surface area contributed by atoms with E-state index in [4.69, 9.17) is 4.43 Å². The molecule has 0 saturated carbocycles. The van der Waals surface area contributed by atoms with Gasteiger partial charge < -0.3 is 4.43 Å². The van der Waals surface area contributed by atoms with Gasteiger partial charge in [0, 0.05) is 11.6 Å². The lowest BCUT2D eigenvalue weighted by atomic mass is 10.6. The van der Waals surface area contributed by atoms with E-state index >= 15 is 0 Å². The summed E-state index contributed by atoms with van der Waals surface area (Å²) < 4.78 is 6.35. The van der Waals surface area contributed by atoms with Crippen LogP contribution < -0.4 is 0 Å². The monoisotopic (exact) mass is 252 g/mol. The van der Waals surface area contributed by atoms with Gasteiger partial charge in [-0.2, -0.15) is 0 Å². The number of alkyl halides is 1. The Labute approximate surface area is 86.1 Å². The first-order chi connectivity index (χ1) is 5.63. The summed E-state index contributed by atoms with van der Waals surface area (Å²) in [6, 6.07) is 2.56. The Morgan fingerprint density at radius 3 is 1.83 bits per heavy atom. The van der Waals surface area contributed by atoms with E-state index < -0.39 is 8.32 Å². The summed E-state index contributed by atoms with van der Waals surface area (Å²) in [5, 5.41) is 0. The minimum Gasteiger partial charge on any atom is -0.419 e. The van der Waals surface area contributed by atoms with Crippen molar-refractivity contribution in [1.82, 2.24) is 0 Å². The molecule has 3 heteroatoms. The molecular weight excluding hydrogens is 232 g/mol. The Kier molecular flexibility index (Phi) is 6.50. The predicted octanol–water partition coefficient (Wildman–Crippen LogP) is 3.72. The molecule has 0 aliphatic carbocycles. The second-order valence-electron chi connectivity index (χ2n) is 3.38. The molecular formula is C9H21BrOSi. The van der Waals surface area contributed by atoms with Gasteiger partial charge >= 0.3 is 0 Å². The van der Waals surface area contributed by atoms with Crippen LogP contribution in [0.1, 0.15) is 33.6 Å². The molecule has 12 heavy (non-hydrogen) atoms. The fourth-order valence-corrected chi connectivity index (χ4v) is 7.14. The molecule has 0 aromatic carbocycles. The second-order valence-corrected chi connectivity index (χ2v) is 10.0. The fraction of sp³-hybridized carbons (Fsp3) is 1.00. The molecule has 0 radical (unpaired) electrons. The minimum atomic E-state index is -1.43. The lowest BCUT2D eigenvalue weighted by Gasteiger charge is -2.32. The largest absolute Gasteiger partial charge is 0.419 e. The van der Waals surface area contributed by atoms with Gasteiger partial charge in [0.2, 0.25) is 8.32 Å². The molecule has 0 spiro atoms. The summed E-state index contributed by atoms with van der Waals surface area (Å²) in [5.74, 6) is 0. The lowest BCUT2D eigenvalue weighted by molar-refractivity contribution is 0.387. The standard InChI is InChI=1S/C9H21BrOSi/c1-5-7-12(11-4,8-6-2)9(3)10/h9H,5-8H2,1-4H3. The Hall–Kier alpha value is 0.657. The molecule has 0 aromatic heterocycles. The molecule has 0 amide bonds. The average Bonchev–Trinajstić information content (AvgIpc) is 2.03. The van der Waals surface area contributed by atoms with Gasteiger partial charge in [-0.05, 0) is 12.1 Å². The normalized spacial score (nSPS) is 14.8. The average molecular weight is 253 g/mol. The number of rotatable bonds is 6. The third-order valence-corrected chi connectivity index (χ3v) is 9.94. The lowest BCUT2D eigenvalue weighted by Crippen LogP contribution is -2.45. The smallest absolute Gasteiger partial charge is 0.205 e. The molecule has 0 heterocycles. The van der Waals surface area contributed by atoms with Gasteiger partial charge in [-0.15, -0.1) is 0 Å². The van der Waals surface area contributed by atoms with Crippen molar-refractivity contribution < 1.29 is 4.43 Å². The van der Waals surface area contributed by atoms with Gasteiger partial charge in [0.15, 0.2) is 0 Å². The van der Waals surface area contributed by atoms with Crippen LogP contribution in [-0.2, 0) is 4.43 Å². The van der Waals surface area contributed by atoms with Gasteiger partial charge in [-0.3, -0.25) is 0 Å². The van der Waals surface area contributed by atoms with E-state index in [0.29, 0.717) is 4.45 Å². The molecule has 0 fully saturated rings. The summed E-state index contributed by atoms with van der Waals surface area (Å²) in [4.78, 5) is 0. The highest BCUT2D eigenvalue weighted by Crippen LogP contribution is 2.28.